The van der Waals surface area contributed by atoms with Crippen LogP contribution in [-0.4, -0.2) is 24.0 Å². The standard InChI is InChI=1S/C15H20BrNO3/c16-11-7-15-14(19-9-20-15)6-10(11)8-17-12-4-2-1-3-5-13(12)18/h6-7,12-13,17-18H,1-5,8-9H2. The van der Waals surface area contributed by atoms with E-state index in [4.69, 9.17) is 9.47 Å². The molecular formula is C15H20BrNO3. The second-order valence-corrected chi connectivity index (χ2v) is 6.34. The van der Waals surface area contributed by atoms with Crippen molar-refractivity contribution in [2.75, 3.05) is 6.79 Å². The van der Waals surface area contributed by atoms with Crippen LogP contribution in [0.1, 0.15) is 37.7 Å². The maximum absolute atomic E-state index is 10.1. The van der Waals surface area contributed by atoms with Gasteiger partial charge in [0.2, 0.25) is 6.79 Å². The smallest absolute Gasteiger partial charge is 0.231 e. The molecule has 2 atom stereocenters. The van der Waals surface area contributed by atoms with Crippen LogP contribution in [0.5, 0.6) is 11.5 Å². The van der Waals surface area contributed by atoms with E-state index in [1.54, 1.807) is 0 Å². The van der Waals surface area contributed by atoms with Gasteiger partial charge in [0.05, 0.1) is 6.10 Å². The van der Waals surface area contributed by atoms with Crippen LogP contribution < -0.4 is 14.8 Å². The van der Waals surface area contributed by atoms with E-state index in [1.807, 2.05) is 12.1 Å². The van der Waals surface area contributed by atoms with Gasteiger partial charge in [0.1, 0.15) is 0 Å². The van der Waals surface area contributed by atoms with Gasteiger partial charge in [-0.1, -0.05) is 35.2 Å². The minimum Gasteiger partial charge on any atom is -0.454 e. The summed E-state index contributed by atoms with van der Waals surface area (Å²) in [6.07, 6.45) is 5.27. The summed E-state index contributed by atoms with van der Waals surface area (Å²) in [5.74, 6) is 1.58. The minimum atomic E-state index is -0.231. The fraction of sp³-hybridized carbons (Fsp3) is 0.600. The maximum atomic E-state index is 10.1. The van der Waals surface area contributed by atoms with Gasteiger partial charge in [-0.25, -0.2) is 0 Å². The molecule has 2 unspecified atom stereocenters. The third-order valence-corrected chi connectivity index (χ3v) is 4.81. The van der Waals surface area contributed by atoms with Crippen molar-refractivity contribution in [2.45, 2.75) is 50.8 Å². The van der Waals surface area contributed by atoms with Crippen LogP contribution in [-0.2, 0) is 6.54 Å². The Bertz CT molecular complexity index is 480. The molecule has 1 aromatic carbocycles. The lowest BCUT2D eigenvalue weighted by Gasteiger charge is -2.22. The number of rotatable bonds is 3. The molecule has 0 saturated heterocycles. The van der Waals surface area contributed by atoms with E-state index in [2.05, 4.69) is 21.2 Å². The second-order valence-electron chi connectivity index (χ2n) is 5.49. The van der Waals surface area contributed by atoms with E-state index >= 15 is 0 Å². The van der Waals surface area contributed by atoms with E-state index in [0.29, 0.717) is 6.79 Å². The first kappa shape index (κ1) is 14.2. The number of benzene rings is 1. The molecule has 4 nitrogen and oxygen atoms in total. The van der Waals surface area contributed by atoms with Crippen molar-refractivity contribution in [3.8, 4) is 11.5 Å². The molecular weight excluding hydrogens is 322 g/mol. The Hall–Kier alpha value is -0.780. The summed E-state index contributed by atoms with van der Waals surface area (Å²) < 4.78 is 11.8. The monoisotopic (exact) mass is 341 g/mol. The van der Waals surface area contributed by atoms with Crippen molar-refractivity contribution in [3.63, 3.8) is 0 Å². The van der Waals surface area contributed by atoms with Gasteiger partial charge in [0.25, 0.3) is 0 Å². The highest BCUT2D eigenvalue weighted by Gasteiger charge is 2.22. The number of hydrogen-bond acceptors (Lipinski definition) is 4. The molecule has 0 radical (unpaired) electrons. The van der Waals surface area contributed by atoms with Gasteiger partial charge in [0.15, 0.2) is 11.5 Å². The van der Waals surface area contributed by atoms with E-state index in [1.165, 1.54) is 12.8 Å². The summed E-state index contributed by atoms with van der Waals surface area (Å²) in [7, 11) is 0. The molecule has 0 aromatic heterocycles. The highest BCUT2D eigenvalue weighted by atomic mass is 79.9. The molecule has 2 aliphatic rings. The van der Waals surface area contributed by atoms with E-state index in [9.17, 15) is 5.11 Å². The third kappa shape index (κ3) is 3.10. The number of ether oxygens (including phenoxy) is 2. The van der Waals surface area contributed by atoms with Crippen LogP contribution in [0.25, 0.3) is 0 Å². The molecule has 1 aliphatic carbocycles. The Morgan fingerprint density at radius 2 is 1.90 bits per heavy atom. The Labute approximate surface area is 127 Å². The number of nitrogens with one attached hydrogen (secondary N) is 1. The van der Waals surface area contributed by atoms with Crippen LogP contribution in [0.2, 0.25) is 0 Å². The maximum Gasteiger partial charge on any atom is 0.231 e. The Balaban J connectivity index is 1.65. The van der Waals surface area contributed by atoms with Gasteiger partial charge in [-0.15, -0.1) is 0 Å². The lowest BCUT2D eigenvalue weighted by atomic mass is 10.1. The molecule has 1 aromatic rings. The first-order chi connectivity index (χ1) is 9.74. The van der Waals surface area contributed by atoms with E-state index < -0.39 is 0 Å². The molecule has 110 valence electrons. The average molecular weight is 342 g/mol. The van der Waals surface area contributed by atoms with Crippen molar-refractivity contribution in [1.82, 2.24) is 5.32 Å². The van der Waals surface area contributed by atoms with Gasteiger partial charge in [-0.3, -0.25) is 0 Å². The molecule has 1 saturated carbocycles. The fourth-order valence-electron chi connectivity index (χ4n) is 2.86. The highest BCUT2D eigenvalue weighted by molar-refractivity contribution is 9.10. The Morgan fingerprint density at radius 3 is 2.75 bits per heavy atom. The molecule has 1 heterocycles. The van der Waals surface area contributed by atoms with Crippen molar-refractivity contribution >= 4 is 15.9 Å². The zero-order valence-electron chi connectivity index (χ0n) is 11.4. The average Bonchev–Trinajstić information content (AvgIpc) is 2.78. The first-order valence-corrected chi connectivity index (χ1v) is 8.03. The van der Waals surface area contributed by atoms with Gasteiger partial charge in [-0.2, -0.15) is 0 Å². The summed E-state index contributed by atoms with van der Waals surface area (Å²) in [5.41, 5.74) is 1.13. The number of fused-ring (bicyclic) bond motifs is 1. The van der Waals surface area contributed by atoms with Crippen LogP contribution in [0.3, 0.4) is 0 Å². The molecule has 5 heteroatoms. The predicted octanol–water partition coefficient (Wildman–Crippen LogP) is 2.96. The number of hydrogen-bond donors (Lipinski definition) is 2. The topological polar surface area (TPSA) is 50.7 Å². The number of halogens is 1. The molecule has 1 fully saturated rings. The van der Waals surface area contributed by atoms with E-state index in [0.717, 1.165) is 47.3 Å². The fourth-order valence-corrected chi connectivity index (χ4v) is 3.32. The largest absolute Gasteiger partial charge is 0.454 e. The normalized spacial score (nSPS) is 25.5. The molecule has 0 bridgehead atoms. The molecule has 3 rings (SSSR count). The second kappa shape index (κ2) is 6.33. The zero-order chi connectivity index (χ0) is 13.9. The summed E-state index contributed by atoms with van der Waals surface area (Å²) in [5, 5.41) is 13.6. The van der Waals surface area contributed by atoms with Crippen LogP contribution >= 0.6 is 15.9 Å². The molecule has 0 spiro atoms. The van der Waals surface area contributed by atoms with Crippen molar-refractivity contribution in [2.24, 2.45) is 0 Å². The Morgan fingerprint density at radius 1 is 1.15 bits per heavy atom. The van der Waals surface area contributed by atoms with Crippen molar-refractivity contribution in [1.29, 1.82) is 0 Å². The quantitative estimate of drug-likeness (QED) is 0.830. The molecule has 20 heavy (non-hydrogen) atoms. The lowest BCUT2D eigenvalue weighted by Crippen LogP contribution is -2.38. The van der Waals surface area contributed by atoms with Crippen LogP contribution in [0, 0.1) is 0 Å². The molecule has 2 N–H and O–H groups in total. The van der Waals surface area contributed by atoms with Crippen molar-refractivity contribution < 1.29 is 14.6 Å². The first-order valence-electron chi connectivity index (χ1n) is 7.23. The van der Waals surface area contributed by atoms with Gasteiger partial charge < -0.3 is 19.9 Å². The van der Waals surface area contributed by atoms with Crippen LogP contribution in [0.4, 0.5) is 0 Å². The third-order valence-electron chi connectivity index (χ3n) is 4.08. The number of aliphatic hydroxyl groups excluding tert-OH is 1. The Kier molecular flexibility index (Phi) is 4.48. The predicted molar refractivity (Wildman–Crippen MR) is 80.0 cm³/mol. The lowest BCUT2D eigenvalue weighted by molar-refractivity contribution is 0.119. The summed E-state index contributed by atoms with van der Waals surface area (Å²) in [6.45, 7) is 1.01. The molecule has 0 amide bonds. The van der Waals surface area contributed by atoms with Gasteiger partial charge in [0, 0.05) is 17.1 Å². The molecule has 1 aliphatic heterocycles. The summed E-state index contributed by atoms with van der Waals surface area (Å²) in [4.78, 5) is 0. The van der Waals surface area contributed by atoms with E-state index in [-0.39, 0.29) is 12.1 Å². The van der Waals surface area contributed by atoms with Gasteiger partial charge in [-0.05, 0) is 30.5 Å². The summed E-state index contributed by atoms with van der Waals surface area (Å²) in [6, 6.07) is 4.14. The zero-order valence-corrected chi connectivity index (χ0v) is 13.0. The number of aliphatic hydroxyl groups is 1. The van der Waals surface area contributed by atoms with Gasteiger partial charge >= 0.3 is 0 Å². The SMILES string of the molecule is OC1CCCCCC1NCc1cc2c(cc1Br)OCO2. The van der Waals surface area contributed by atoms with Crippen LogP contribution in [0.15, 0.2) is 16.6 Å². The minimum absolute atomic E-state index is 0.190. The highest BCUT2D eigenvalue weighted by Crippen LogP contribution is 2.37. The van der Waals surface area contributed by atoms with Crippen molar-refractivity contribution in [3.05, 3.63) is 22.2 Å². The summed E-state index contributed by atoms with van der Waals surface area (Å²) >= 11 is 3.57.